The topological polar surface area (TPSA) is 70.8 Å². The largest absolute Gasteiger partial charge is 0.373 e. The van der Waals surface area contributed by atoms with Crippen LogP contribution in [0, 0.1) is 10.1 Å². The summed E-state index contributed by atoms with van der Waals surface area (Å²) in [5.74, 6) is 0.413. The molecule has 0 amide bonds. The molecule has 0 radical (unpaired) electrons. The van der Waals surface area contributed by atoms with Crippen LogP contribution < -0.4 is 4.89 Å². The summed E-state index contributed by atoms with van der Waals surface area (Å²) >= 11 is 0. The van der Waals surface area contributed by atoms with E-state index in [4.69, 9.17) is 14.5 Å². The van der Waals surface area contributed by atoms with Crippen LogP contribution >= 0.6 is 0 Å². The number of hydrogen-bond donors (Lipinski definition) is 0. The first kappa shape index (κ1) is 24.4. The number of hydrogen-bond acceptors (Lipinski definition) is 5. The molecule has 1 aromatic rings. The van der Waals surface area contributed by atoms with E-state index in [2.05, 4.69) is 0 Å². The van der Waals surface area contributed by atoms with E-state index in [9.17, 15) is 10.1 Å². The Bertz CT molecular complexity index is 384. The second kappa shape index (κ2) is 11.0. The summed E-state index contributed by atoms with van der Waals surface area (Å²) in [5, 5.41) is 10.4. The Labute approximate surface area is 128 Å². The zero-order chi connectivity index (χ0) is 13.6. The first-order valence-corrected chi connectivity index (χ1v) is 5.56. The van der Waals surface area contributed by atoms with E-state index in [0.717, 1.165) is 0 Å². The highest BCUT2D eigenvalue weighted by molar-refractivity contribution is 5.35. The van der Waals surface area contributed by atoms with Crippen molar-refractivity contribution in [1.29, 1.82) is 0 Å². The summed E-state index contributed by atoms with van der Waals surface area (Å²) in [6.45, 7) is 6.54. The number of benzene rings is 1. The highest BCUT2D eigenvalue weighted by Gasteiger charge is 2.09. The number of nitro benzene ring substituents is 1. The van der Waals surface area contributed by atoms with Crippen molar-refractivity contribution in [1.82, 2.24) is 0 Å². The van der Waals surface area contributed by atoms with Crippen molar-refractivity contribution in [2.24, 2.45) is 0 Å². The second-order valence-electron chi connectivity index (χ2n) is 4.62. The monoisotopic (exact) mass is 303 g/mol. The third-order valence-electron chi connectivity index (χ3n) is 1.90. The Kier molecular flexibility index (Phi) is 12.8. The number of nitro groups is 1. The van der Waals surface area contributed by atoms with Crippen molar-refractivity contribution < 1.29 is 19.4 Å². The van der Waals surface area contributed by atoms with E-state index >= 15 is 0 Å². The summed E-state index contributed by atoms with van der Waals surface area (Å²) in [7, 11) is 0. The summed E-state index contributed by atoms with van der Waals surface area (Å²) < 4.78 is 5.42. The lowest BCUT2D eigenvalue weighted by atomic mass is 10.2. The Balaban J connectivity index is -0.00000108. The summed E-state index contributed by atoms with van der Waals surface area (Å²) in [4.78, 5) is 19.8. The maximum Gasteiger partial charge on any atom is 0.269 e. The van der Waals surface area contributed by atoms with Crippen molar-refractivity contribution in [3.8, 4) is 5.75 Å². The lowest BCUT2D eigenvalue weighted by Crippen LogP contribution is -2.22. The quantitative estimate of drug-likeness (QED) is 0.331. The molecule has 0 spiro atoms. The average Bonchev–Trinajstić information content (AvgIpc) is 2.27. The van der Waals surface area contributed by atoms with E-state index < -0.39 is 4.92 Å². The third kappa shape index (κ3) is 10.8. The summed E-state index contributed by atoms with van der Waals surface area (Å²) in [6.07, 6.45) is 0. The summed E-state index contributed by atoms with van der Waals surface area (Å²) in [6, 6.07) is 5.65. The molecule has 6 heteroatoms. The van der Waals surface area contributed by atoms with Crippen LogP contribution in [0.2, 0.25) is 0 Å². The van der Waals surface area contributed by atoms with Crippen LogP contribution in [-0.4, -0.2) is 23.7 Å². The smallest absolute Gasteiger partial charge is 0.269 e. The molecule has 1 aromatic carbocycles. The van der Waals surface area contributed by atoms with Gasteiger partial charge in [0.25, 0.3) is 5.69 Å². The molecule has 0 aliphatic heterocycles. The van der Waals surface area contributed by atoms with Gasteiger partial charge in [-0.3, -0.25) is 10.1 Å². The zero-order valence-corrected chi connectivity index (χ0v) is 10.7. The molecule has 0 saturated carbocycles. The van der Waals surface area contributed by atoms with Crippen molar-refractivity contribution >= 4 is 5.69 Å². The highest BCUT2D eigenvalue weighted by atomic mass is 17.2. The normalized spacial score (nSPS) is 9.67. The average molecular weight is 303 g/mol. The lowest BCUT2D eigenvalue weighted by Gasteiger charge is -2.18. The van der Waals surface area contributed by atoms with Crippen LogP contribution in [0.1, 0.15) is 43.1 Å². The molecule has 0 bridgehead atoms. The van der Waals surface area contributed by atoms with Gasteiger partial charge in [-0.05, 0) is 32.9 Å². The number of nitrogens with zero attached hydrogens (tertiary/aromatic N) is 1. The van der Waals surface area contributed by atoms with Gasteiger partial charge in [0.2, 0.25) is 0 Å². The van der Waals surface area contributed by atoms with E-state index in [0.29, 0.717) is 12.4 Å². The minimum Gasteiger partial charge on any atom is -0.373 e. The molecule has 0 fully saturated rings. The van der Waals surface area contributed by atoms with Crippen LogP contribution in [0.15, 0.2) is 24.3 Å². The molecule has 0 saturated heterocycles. The molecule has 0 aliphatic carbocycles. The van der Waals surface area contributed by atoms with E-state index in [1.54, 1.807) is 0 Å². The van der Waals surface area contributed by atoms with Gasteiger partial charge in [0, 0.05) is 12.1 Å². The van der Waals surface area contributed by atoms with Crippen LogP contribution in [0.5, 0.6) is 5.75 Å². The molecule has 0 N–H and O–H groups in total. The predicted octanol–water partition coefficient (Wildman–Crippen LogP) is 4.63. The van der Waals surface area contributed by atoms with Crippen LogP contribution in [0.4, 0.5) is 5.69 Å². The fourth-order valence-electron chi connectivity index (χ4n) is 1.11. The van der Waals surface area contributed by atoms with Gasteiger partial charge in [-0.15, -0.1) is 0 Å². The van der Waals surface area contributed by atoms with Gasteiger partial charge in [0.15, 0.2) is 5.75 Å². The van der Waals surface area contributed by atoms with Crippen molar-refractivity contribution in [2.75, 3.05) is 13.2 Å². The van der Waals surface area contributed by atoms with Gasteiger partial charge >= 0.3 is 0 Å². The molecule has 124 valence electrons. The fourth-order valence-corrected chi connectivity index (χ4v) is 1.11. The maximum atomic E-state index is 10.4. The number of rotatable bonds is 6. The molecule has 0 aromatic heterocycles. The molecule has 1 rings (SSSR count). The van der Waals surface area contributed by atoms with Crippen LogP contribution in [0.3, 0.4) is 0 Å². The highest BCUT2D eigenvalue weighted by Crippen LogP contribution is 2.17. The van der Waals surface area contributed by atoms with Gasteiger partial charge in [-0.2, -0.15) is 4.89 Å². The summed E-state index contributed by atoms with van der Waals surface area (Å²) in [5.41, 5.74) is -0.199. The van der Waals surface area contributed by atoms with Crippen LogP contribution in [-0.2, 0) is 9.62 Å². The Morgan fingerprint density at radius 3 is 2.00 bits per heavy atom. The van der Waals surface area contributed by atoms with E-state index in [1.165, 1.54) is 24.3 Å². The van der Waals surface area contributed by atoms with Gasteiger partial charge in [-0.25, -0.2) is 0 Å². The van der Waals surface area contributed by atoms with E-state index in [-0.39, 0.29) is 40.2 Å². The zero-order valence-electron chi connectivity index (χ0n) is 10.7. The molecule has 0 aliphatic rings. The van der Waals surface area contributed by atoms with Crippen molar-refractivity contribution in [2.45, 2.75) is 48.7 Å². The SMILES string of the molecule is C.C.C.CC(C)(C)OCCOOc1ccc([N+](=O)[O-])cc1. The van der Waals surface area contributed by atoms with Crippen LogP contribution in [0.25, 0.3) is 0 Å². The molecule has 6 nitrogen and oxygen atoms in total. The molecular formula is C15H29NO5. The third-order valence-corrected chi connectivity index (χ3v) is 1.90. The lowest BCUT2D eigenvalue weighted by molar-refractivity contribution is -0.384. The minimum atomic E-state index is -0.470. The molecule has 0 heterocycles. The van der Waals surface area contributed by atoms with Crippen molar-refractivity contribution in [3.63, 3.8) is 0 Å². The molecule has 0 unspecified atom stereocenters. The molecule has 0 atom stereocenters. The fraction of sp³-hybridized carbons (Fsp3) is 0.600. The molecule has 21 heavy (non-hydrogen) atoms. The van der Waals surface area contributed by atoms with Gasteiger partial charge in [0.1, 0.15) is 6.61 Å². The number of ether oxygens (including phenoxy) is 1. The van der Waals surface area contributed by atoms with Gasteiger partial charge in [0.05, 0.1) is 17.1 Å². The Morgan fingerprint density at radius 1 is 1.05 bits per heavy atom. The minimum absolute atomic E-state index is 0. The standard InChI is InChI=1S/C12H17NO5.3CH4/c1-12(2,3)16-8-9-17-18-11-6-4-10(5-7-11)13(14)15;;;/h4-7H,8-9H2,1-3H3;3*1H4. The molecular weight excluding hydrogens is 274 g/mol. The maximum absolute atomic E-state index is 10.4. The van der Waals surface area contributed by atoms with E-state index in [1.807, 2.05) is 20.8 Å². The van der Waals surface area contributed by atoms with Gasteiger partial charge < -0.3 is 9.62 Å². The van der Waals surface area contributed by atoms with Crippen molar-refractivity contribution in [3.05, 3.63) is 34.4 Å². The second-order valence-corrected chi connectivity index (χ2v) is 4.62. The first-order valence-electron chi connectivity index (χ1n) is 5.56. The predicted molar refractivity (Wildman–Crippen MR) is 85.6 cm³/mol. The Morgan fingerprint density at radius 2 is 1.57 bits per heavy atom. The van der Waals surface area contributed by atoms with Gasteiger partial charge in [-0.1, -0.05) is 22.3 Å². The first-order chi connectivity index (χ1) is 8.38. The Hall–Kier alpha value is -1.66. The number of non-ortho nitro benzene ring substituents is 1.